The monoisotopic (exact) mass is 451 g/mol. The first-order valence-electron chi connectivity index (χ1n) is 11.1. The fourth-order valence-electron chi connectivity index (χ4n) is 3.94. The third-order valence-corrected chi connectivity index (χ3v) is 6.68. The molecular weight excluding hydrogens is 422 g/mol. The number of rotatable bonds is 8. The average molecular weight is 452 g/mol. The van der Waals surface area contributed by atoms with Gasteiger partial charge < -0.3 is 15.8 Å². The molecule has 7 nitrogen and oxygen atoms in total. The second-order valence-electron chi connectivity index (χ2n) is 7.83. The summed E-state index contributed by atoms with van der Waals surface area (Å²) in [5.74, 6) is 0.148. The Morgan fingerprint density at radius 2 is 1.97 bits per heavy atom. The summed E-state index contributed by atoms with van der Waals surface area (Å²) in [6, 6.07) is 9.82. The maximum absolute atomic E-state index is 12.6. The van der Waals surface area contributed by atoms with Gasteiger partial charge in [0.25, 0.3) is 0 Å². The van der Waals surface area contributed by atoms with E-state index in [2.05, 4.69) is 21.3 Å². The number of anilines is 2. The molecule has 3 aromatic rings. The third kappa shape index (κ3) is 5.26. The zero-order valence-electron chi connectivity index (χ0n) is 18.3. The number of nitrogen functional groups attached to an aromatic ring is 1. The molecule has 0 saturated carbocycles. The Hall–Kier alpha value is -2.97. The maximum Gasteiger partial charge on any atom is 0.352 e. The number of hydrogen-bond donors (Lipinski definition) is 2. The minimum absolute atomic E-state index is 0.312. The number of pyridine rings is 1. The Bertz CT molecular complexity index is 1050. The van der Waals surface area contributed by atoms with Crippen molar-refractivity contribution in [2.75, 3.05) is 30.7 Å². The van der Waals surface area contributed by atoms with Crippen molar-refractivity contribution in [1.29, 1.82) is 0 Å². The van der Waals surface area contributed by atoms with Crippen LogP contribution >= 0.6 is 11.3 Å². The standard InChI is InChI=1S/C24H29N5O2S/c1-2-31-24(30)21-22(28-23(32-21)17-9-11-26-12-10-17)27-15-19-18(7-6-8-20(19)25)16-29-13-4-3-5-14-29/h6-12,27H,2-5,13-16,25H2,1H3. The van der Waals surface area contributed by atoms with Crippen LogP contribution in [0.3, 0.4) is 0 Å². The number of benzene rings is 1. The van der Waals surface area contributed by atoms with Gasteiger partial charge in [-0.2, -0.15) is 0 Å². The quantitative estimate of drug-likeness (QED) is 0.383. The van der Waals surface area contributed by atoms with Crippen molar-refractivity contribution in [2.24, 2.45) is 0 Å². The van der Waals surface area contributed by atoms with Crippen molar-refractivity contribution >= 4 is 28.8 Å². The second kappa shape index (κ2) is 10.6. The molecule has 4 rings (SSSR count). The lowest BCUT2D eigenvalue weighted by atomic mass is 10.0. The largest absolute Gasteiger partial charge is 0.462 e. The van der Waals surface area contributed by atoms with E-state index in [1.54, 1.807) is 19.3 Å². The predicted octanol–water partition coefficient (Wildman–Crippen LogP) is 4.56. The predicted molar refractivity (Wildman–Crippen MR) is 129 cm³/mol. The summed E-state index contributed by atoms with van der Waals surface area (Å²) in [7, 11) is 0. The number of carbonyl (C=O) groups excluding carboxylic acids is 1. The fraction of sp³-hybridized carbons (Fsp3) is 0.375. The Morgan fingerprint density at radius 3 is 2.72 bits per heavy atom. The Labute approximate surface area is 192 Å². The molecule has 32 heavy (non-hydrogen) atoms. The van der Waals surface area contributed by atoms with Gasteiger partial charge in [-0.15, -0.1) is 11.3 Å². The van der Waals surface area contributed by atoms with Gasteiger partial charge in [-0.3, -0.25) is 9.88 Å². The van der Waals surface area contributed by atoms with Crippen LogP contribution in [0, 0.1) is 0 Å². The van der Waals surface area contributed by atoms with Crippen molar-refractivity contribution in [3.63, 3.8) is 0 Å². The van der Waals surface area contributed by atoms with Crippen LogP contribution in [0.4, 0.5) is 11.5 Å². The summed E-state index contributed by atoms with van der Waals surface area (Å²) < 4.78 is 5.27. The van der Waals surface area contributed by atoms with E-state index in [0.717, 1.165) is 41.5 Å². The number of aromatic nitrogens is 2. The molecule has 2 aromatic heterocycles. The zero-order valence-corrected chi connectivity index (χ0v) is 19.2. The molecule has 0 aliphatic carbocycles. The molecule has 1 fully saturated rings. The second-order valence-corrected chi connectivity index (χ2v) is 8.83. The molecule has 1 aliphatic heterocycles. The van der Waals surface area contributed by atoms with E-state index in [1.165, 1.54) is 36.2 Å². The smallest absolute Gasteiger partial charge is 0.352 e. The van der Waals surface area contributed by atoms with Gasteiger partial charge in [-0.25, -0.2) is 9.78 Å². The summed E-state index contributed by atoms with van der Waals surface area (Å²) in [6.07, 6.45) is 7.23. The van der Waals surface area contributed by atoms with E-state index in [-0.39, 0.29) is 5.97 Å². The molecular formula is C24H29N5O2S. The molecule has 0 bridgehead atoms. The summed E-state index contributed by atoms with van der Waals surface area (Å²) in [6.45, 7) is 5.72. The fourth-order valence-corrected chi connectivity index (χ4v) is 4.88. The molecule has 3 N–H and O–H groups in total. The number of likely N-dealkylation sites (tertiary alicyclic amines) is 1. The Kier molecular flexibility index (Phi) is 7.34. The first-order valence-corrected chi connectivity index (χ1v) is 11.9. The van der Waals surface area contributed by atoms with Crippen LogP contribution in [0.1, 0.15) is 47.0 Å². The normalized spacial score (nSPS) is 14.3. The van der Waals surface area contributed by atoms with Crippen LogP contribution in [0.15, 0.2) is 42.7 Å². The highest BCUT2D eigenvalue weighted by Crippen LogP contribution is 2.32. The number of nitrogens with zero attached hydrogens (tertiary/aromatic N) is 3. The van der Waals surface area contributed by atoms with Gasteiger partial charge in [0.2, 0.25) is 0 Å². The number of ether oxygens (including phenoxy) is 1. The van der Waals surface area contributed by atoms with E-state index in [9.17, 15) is 4.79 Å². The van der Waals surface area contributed by atoms with Gasteiger partial charge in [-0.1, -0.05) is 18.6 Å². The van der Waals surface area contributed by atoms with E-state index >= 15 is 0 Å². The van der Waals surface area contributed by atoms with Crippen LogP contribution in [0.2, 0.25) is 0 Å². The number of nitrogens with one attached hydrogen (secondary N) is 1. The summed E-state index contributed by atoms with van der Waals surface area (Å²) in [5, 5.41) is 4.10. The van der Waals surface area contributed by atoms with Gasteiger partial charge in [0.05, 0.1) is 6.61 Å². The van der Waals surface area contributed by atoms with E-state index in [0.29, 0.717) is 23.8 Å². The Morgan fingerprint density at radius 1 is 1.19 bits per heavy atom. The molecule has 0 amide bonds. The topological polar surface area (TPSA) is 93.4 Å². The van der Waals surface area contributed by atoms with E-state index < -0.39 is 0 Å². The van der Waals surface area contributed by atoms with Gasteiger partial charge in [-0.05, 0) is 62.2 Å². The molecule has 0 atom stereocenters. The molecule has 1 aromatic carbocycles. The highest BCUT2D eigenvalue weighted by Gasteiger charge is 2.21. The minimum Gasteiger partial charge on any atom is -0.462 e. The number of esters is 1. The van der Waals surface area contributed by atoms with Crippen LogP contribution in [-0.4, -0.2) is 40.5 Å². The van der Waals surface area contributed by atoms with Crippen molar-refractivity contribution in [1.82, 2.24) is 14.9 Å². The van der Waals surface area contributed by atoms with E-state index in [1.807, 2.05) is 24.3 Å². The molecule has 0 unspecified atom stereocenters. The molecule has 168 valence electrons. The minimum atomic E-state index is -0.373. The van der Waals surface area contributed by atoms with Crippen molar-refractivity contribution < 1.29 is 9.53 Å². The number of thiazole rings is 1. The first-order chi connectivity index (χ1) is 15.7. The van der Waals surface area contributed by atoms with E-state index in [4.69, 9.17) is 15.5 Å². The lowest BCUT2D eigenvalue weighted by Gasteiger charge is -2.27. The Balaban J connectivity index is 1.58. The van der Waals surface area contributed by atoms with Gasteiger partial charge in [0.1, 0.15) is 5.01 Å². The number of nitrogens with two attached hydrogens (primary N) is 1. The van der Waals surface area contributed by atoms with Gasteiger partial charge >= 0.3 is 5.97 Å². The zero-order chi connectivity index (χ0) is 22.3. The molecule has 1 aliphatic rings. The first kappa shape index (κ1) is 22.2. The highest BCUT2D eigenvalue weighted by molar-refractivity contribution is 7.17. The molecule has 0 radical (unpaired) electrons. The van der Waals surface area contributed by atoms with Crippen molar-refractivity contribution in [3.05, 3.63) is 58.7 Å². The molecule has 1 saturated heterocycles. The van der Waals surface area contributed by atoms with Crippen LogP contribution in [0.5, 0.6) is 0 Å². The van der Waals surface area contributed by atoms with Crippen LogP contribution in [0.25, 0.3) is 10.6 Å². The third-order valence-electron chi connectivity index (χ3n) is 5.60. The highest BCUT2D eigenvalue weighted by atomic mass is 32.1. The van der Waals surface area contributed by atoms with Crippen molar-refractivity contribution in [3.8, 4) is 10.6 Å². The molecule has 0 spiro atoms. The number of piperidine rings is 1. The summed E-state index contributed by atoms with van der Waals surface area (Å²) in [4.78, 5) is 24.3. The van der Waals surface area contributed by atoms with Gasteiger partial charge in [0.15, 0.2) is 10.7 Å². The summed E-state index contributed by atoms with van der Waals surface area (Å²) in [5.41, 5.74) is 10.3. The molecule has 8 heteroatoms. The van der Waals surface area contributed by atoms with Crippen LogP contribution < -0.4 is 11.1 Å². The van der Waals surface area contributed by atoms with Gasteiger partial charge in [0, 0.05) is 36.7 Å². The maximum atomic E-state index is 12.6. The SMILES string of the molecule is CCOC(=O)c1sc(-c2ccncc2)nc1NCc1c(N)cccc1CN1CCCCC1. The average Bonchev–Trinajstić information content (AvgIpc) is 3.25. The summed E-state index contributed by atoms with van der Waals surface area (Å²) >= 11 is 1.32. The lowest BCUT2D eigenvalue weighted by molar-refractivity contribution is 0.0533. The van der Waals surface area contributed by atoms with Crippen molar-refractivity contribution in [2.45, 2.75) is 39.3 Å². The lowest BCUT2D eigenvalue weighted by Crippen LogP contribution is -2.29. The van der Waals surface area contributed by atoms with Crippen LogP contribution in [-0.2, 0) is 17.8 Å². The number of carbonyl (C=O) groups is 1. The molecule has 3 heterocycles. The number of hydrogen-bond acceptors (Lipinski definition) is 8.